The van der Waals surface area contributed by atoms with Gasteiger partial charge in [0.25, 0.3) is 0 Å². The third-order valence-electron chi connectivity index (χ3n) is 2.06. The second kappa shape index (κ2) is 5.20. The lowest BCUT2D eigenvalue weighted by atomic mass is 10.3. The average molecular weight is 269 g/mol. The van der Waals surface area contributed by atoms with E-state index in [2.05, 4.69) is 20.3 Å². The van der Waals surface area contributed by atoms with E-state index < -0.39 is 0 Å². The predicted octanol–water partition coefficient (Wildman–Crippen LogP) is 2.32. The van der Waals surface area contributed by atoms with Crippen LogP contribution in [0, 0.1) is 6.92 Å². The predicted molar refractivity (Wildman–Crippen MR) is 66.6 cm³/mol. The summed E-state index contributed by atoms with van der Waals surface area (Å²) >= 11 is 7.35. The highest BCUT2D eigenvalue weighted by atomic mass is 35.5. The number of rotatable bonds is 4. The van der Waals surface area contributed by atoms with Gasteiger partial charge in [0.15, 0.2) is 6.29 Å². The first-order valence-electron chi connectivity index (χ1n) is 4.81. The topological polar surface area (TPSA) is 67.8 Å². The van der Waals surface area contributed by atoms with Gasteiger partial charge in [-0.05, 0) is 6.92 Å². The minimum absolute atomic E-state index is 0.145. The number of halogens is 1. The molecule has 0 spiro atoms. The van der Waals surface area contributed by atoms with Gasteiger partial charge in [-0.2, -0.15) is 0 Å². The van der Waals surface area contributed by atoms with E-state index in [-0.39, 0.29) is 10.7 Å². The van der Waals surface area contributed by atoms with E-state index in [0.717, 1.165) is 10.7 Å². The summed E-state index contributed by atoms with van der Waals surface area (Å²) in [5, 5.41) is 6.11. The van der Waals surface area contributed by atoms with Crippen molar-refractivity contribution in [2.45, 2.75) is 13.5 Å². The maximum atomic E-state index is 10.8. The molecule has 88 valence electrons. The first-order valence-corrected chi connectivity index (χ1v) is 6.07. The zero-order valence-electron chi connectivity index (χ0n) is 8.98. The lowest BCUT2D eigenvalue weighted by Crippen LogP contribution is -2.05. The van der Waals surface area contributed by atoms with Gasteiger partial charge in [-0.1, -0.05) is 11.6 Å². The maximum Gasteiger partial charge on any atom is 0.156 e. The lowest BCUT2D eigenvalue weighted by molar-refractivity contribution is 0.112. The molecule has 0 fully saturated rings. The van der Waals surface area contributed by atoms with Gasteiger partial charge in [0.05, 0.1) is 22.8 Å². The first kappa shape index (κ1) is 11.9. The van der Waals surface area contributed by atoms with E-state index in [1.54, 1.807) is 11.3 Å². The molecule has 0 aliphatic heterocycles. The maximum absolute atomic E-state index is 10.8. The largest absolute Gasteiger partial charge is 0.364 e. The van der Waals surface area contributed by atoms with Crippen LogP contribution in [0.15, 0.2) is 11.7 Å². The fourth-order valence-electron chi connectivity index (χ4n) is 1.28. The summed E-state index contributed by atoms with van der Waals surface area (Å²) < 4.78 is 0. The van der Waals surface area contributed by atoms with Crippen LogP contribution in [-0.4, -0.2) is 21.2 Å². The van der Waals surface area contributed by atoms with Crippen molar-refractivity contribution in [1.29, 1.82) is 0 Å². The molecule has 0 aromatic carbocycles. The molecular formula is C10H9ClN4OS. The number of hydrogen-bond acceptors (Lipinski definition) is 6. The summed E-state index contributed by atoms with van der Waals surface area (Å²) in [5.41, 5.74) is 1.17. The highest BCUT2D eigenvalue weighted by Crippen LogP contribution is 2.18. The molecule has 7 heteroatoms. The van der Waals surface area contributed by atoms with E-state index >= 15 is 0 Å². The number of anilines is 1. The zero-order valence-corrected chi connectivity index (χ0v) is 10.5. The molecule has 0 amide bonds. The molecule has 2 rings (SSSR count). The van der Waals surface area contributed by atoms with Crippen molar-refractivity contribution in [3.8, 4) is 0 Å². The Kier molecular flexibility index (Phi) is 3.65. The number of hydrogen-bond donors (Lipinski definition) is 1. The van der Waals surface area contributed by atoms with Gasteiger partial charge in [0, 0.05) is 5.38 Å². The summed E-state index contributed by atoms with van der Waals surface area (Å²) in [6.07, 6.45) is 1.95. The normalized spacial score (nSPS) is 10.2. The molecule has 0 bridgehead atoms. The number of nitrogens with one attached hydrogen (secondary N) is 1. The van der Waals surface area contributed by atoms with Gasteiger partial charge >= 0.3 is 0 Å². The first-order chi connectivity index (χ1) is 8.20. The zero-order chi connectivity index (χ0) is 12.3. The van der Waals surface area contributed by atoms with Crippen molar-refractivity contribution in [2.24, 2.45) is 0 Å². The van der Waals surface area contributed by atoms with Crippen molar-refractivity contribution < 1.29 is 4.79 Å². The summed E-state index contributed by atoms with van der Waals surface area (Å²) in [6, 6.07) is 0. The Morgan fingerprint density at radius 1 is 1.53 bits per heavy atom. The molecule has 0 unspecified atom stereocenters. The minimum Gasteiger partial charge on any atom is -0.364 e. The van der Waals surface area contributed by atoms with Gasteiger partial charge in [-0.3, -0.25) is 4.79 Å². The summed E-state index contributed by atoms with van der Waals surface area (Å²) in [4.78, 5) is 22.8. The third kappa shape index (κ3) is 2.78. The molecule has 0 aliphatic rings. The Labute approximate surface area is 107 Å². The van der Waals surface area contributed by atoms with Crippen molar-refractivity contribution in [3.63, 3.8) is 0 Å². The molecule has 1 N–H and O–H groups in total. The number of aryl methyl sites for hydroxylation is 1. The second-order valence-corrected chi connectivity index (χ2v) is 4.68. The molecule has 0 saturated carbocycles. The summed E-state index contributed by atoms with van der Waals surface area (Å²) in [5.74, 6) is 0.422. The number of thiazole rings is 1. The number of carbonyl (C=O) groups excluding carboxylic acids is 1. The standard InChI is InChI=1S/C10H9ClN4OS/c1-6-15-7(4-17-6)2-12-10-8(3-16)9(11)13-5-14-10/h3-5H,2H2,1H3,(H,12,13,14). The second-order valence-electron chi connectivity index (χ2n) is 3.26. The van der Waals surface area contributed by atoms with Crippen molar-refractivity contribution in [2.75, 3.05) is 5.32 Å². The molecule has 5 nitrogen and oxygen atoms in total. The monoisotopic (exact) mass is 268 g/mol. The number of aldehydes is 1. The molecule has 2 heterocycles. The van der Waals surface area contributed by atoms with Crippen molar-refractivity contribution in [1.82, 2.24) is 15.0 Å². The van der Waals surface area contributed by atoms with E-state index in [9.17, 15) is 4.79 Å². The third-order valence-corrected chi connectivity index (χ3v) is 3.18. The number of aromatic nitrogens is 3. The van der Waals surface area contributed by atoms with Gasteiger partial charge in [0.1, 0.15) is 17.3 Å². The van der Waals surface area contributed by atoms with Gasteiger partial charge in [0.2, 0.25) is 0 Å². The van der Waals surface area contributed by atoms with Gasteiger partial charge in [-0.15, -0.1) is 11.3 Å². The Morgan fingerprint density at radius 2 is 2.35 bits per heavy atom. The summed E-state index contributed by atoms with van der Waals surface area (Å²) in [7, 11) is 0. The fourth-order valence-corrected chi connectivity index (χ4v) is 2.07. The quantitative estimate of drug-likeness (QED) is 0.681. The van der Waals surface area contributed by atoms with E-state index in [0.29, 0.717) is 18.6 Å². The highest BCUT2D eigenvalue weighted by Gasteiger charge is 2.08. The van der Waals surface area contributed by atoms with Gasteiger partial charge in [-0.25, -0.2) is 15.0 Å². The molecule has 2 aromatic rings. The van der Waals surface area contributed by atoms with Crippen LogP contribution in [0.5, 0.6) is 0 Å². The van der Waals surface area contributed by atoms with E-state index in [1.807, 2.05) is 12.3 Å². The molecule has 0 aliphatic carbocycles. The van der Waals surface area contributed by atoms with Crippen LogP contribution in [0.4, 0.5) is 5.82 Å². The van der Waals surface area contributed by atoms with Crippen LogP contribution in [-0.2, 0) is 6.54 Å². The Balaban J connectivity index is 2.14. The summed E-state index contributed by atoms with van der Waals surface area (Å²) in [6.45, 7) is 2.44. The minimum atomic E-state index is 0.145. The molecule has 0 saturated heterocycles. The van der Waals surface area contributed by atoms with Crippen LogP contribution >= 0.6 is 22.9 Å². The van der Waals surface area contributed by atoms with E-state index in [4.69, 9.17) is 11.6 Å². The van der Waals surface area contributed by atoms with Crippen molar-refractivity contribution >= 4 is 35.0 Å². The number of carbonyl (C=O) groups is 1. The molecule has 2 aromatic heterocycles. The smallest absolute Gasteiger partial charge is 0.156 e. The molecule has 0 atom stereocenters. The van der Waals surface area contributed by atoms with Gasteiger partial charge < -0.3 is 5.32 Å². The van der Waals surface area contributed by atoms with Crippen LogP contribution < -0.4 is 5.32 Å². The van der Waals surface area contributed by atoms with Crippen LogP contribution in [0.1, 0.15) is 21.1 Å². The lowest BCUT2D eigenvalue weighted by Gasteiger charge is -2.06. The average Bonchev–Trinajstić information content (AvgIpc) is 2.72. The molecule has 0 radical (unpaired) electrons. The highest BCUT2D eigenvalue weighted by molar-refractivity contribution is 7.09. The Bertz CT molecular complexity index is 543. The Hall–Kier alpha value is -1.53. The van der Waals surface area contributed by atoms with Crippen LogP contribution in [0.25, 0.3) is 0 Å². The van der Waals surface area contributed by atoms with Crippen LogP contribution in [0.2, 0.25) is 5.15 Å². The molecule has 17 heavy (non-hydrogen) atoms. The van der Waals surface area contributed by atoms with Crippen LogP contribution in [0.3, 0.4) is 0 Å². The Morgan fingerprint density at radius 3 is 3.00 bits per heavy atom. The van der Waals surface area contributed by atoms with Crippen molar-refractivity contribution in [3.05, 3.63) is 33.1 Å². The SMILES string of the molecule is Cc1nc(CNc2ncnc(Cl)c2C=O)cs1. The fraction of sp³-hybridized carbons (Fsp3) is 0.200. The molecular weight excluding hydrogens is 260 g/mol. The van der Waals surface area contributed by atoms with E-state index in [1.165, 1.54) is 6.33 Å². The number of nitrogens with zero attached hydrogens (tertiary/aromatic N) is 3.